The number of anilines is 3. The van der Waals surface area contributed by atoms with Gasteiger partial charge < -0.3 is 20.7 Å². The zero-order valence-electron chi connectivity index (χ0n) is 31.2. The van der Waals surface area contributed by atoms with E-state index in [-0.39, 0.29) is 41.3 Å². The fourth-order valence-electron chi connectivity index (χ4n) is 8.55. The van der Waals surface area contributed by atoms with E-state index in [9.17, 15) is 33.6 Å². The lowest BCUT2D eigenvalue weighted by molar-refractivity contribution is -0.136. The normalized spacial score (nSPS) is 20.1. The van der Waals surface area contributed by atoms with Crippen molar-refractivity contribution in [1.29, 1.82) is 0 Å². The smallest absolute Gasteiger partial charge is 0.276 e. The monoisotopic (exact) mass is 764 g/mol. The van der Waals surface area contributed by atoms with Crippen molar-refractivity contribution < 1.29 is 33.5 Å². The van der Waals surface area contributed by atoms with Crippen LogP contribution in [0.4, 0.5) is 17.3 Å². The number of aromatic nitrogens is 3. The third kappa shape index (κ3) is 7.03. The first kappa shape index (κ1) is 37.0. The molecule has 1 unspecified atom stereocenters. The summed E-state index contributed by atoms with van der Waals surface area (Å²) in [6.07, 6.45) is 11.7. The predicted molar refractivity (Wildman–Crippen MR) is 201 cm³/mol. The molecular formula is C40H44N8O8. The van der Waals surface area contributed by atoms with Crippen molar-refractivity contribution in [2.75, 3.05) is 17.2 Å². The minimum absolute atomic E-state index is 0.0562. The Morgan fingerprint density at radius 1 is 0.875 bits per heavy atom. The van der Waals surface area contributed by atoms with Gasteiger partial charge in [-0.25, -0.2) is 9.97 Å². The fraction of sp³-hybridized carbons (Fsp3) is 0.475. The van der Waals surface area contributed by atoms with Crippen LogP contribution in [-0.2, 0) is 20.0 Å². The summed E-state index contributed by atoms with van der Waals surface area (Å²) in [7, 11) is 0. The van der Waals surface area contributed by atoms with Gasteiger partial charge in [0.2, 0.25) is 17.7 Å². The summed E-state index contributed by atoms with van der Waals surface area (Å²) in [5.41, 5.74) is 1.17. The van der Waals surface area contributed by atoms with Crippen molar-refractivity contribution in [3.8, 4) is 5.75 Å². The summed E-state index contributed by atoms with van der Waals surface area (Å²) in [5.74, 6) is -1.53. The maximum absolute atomic E-state index is 13.8. The minimum atomic E-state index is -1.02. The third-order valence-corrected chi connectivity index (χ3v) is 11.9. The Morgan fingerprint density at radius 2 is 1.59 bits per heavy atom. The van der Waals surface area contributed by atoms with E-state index in [1.165, 1.54) is 31.3 Å². The van der Waals surface area contributed by atoms with Crippen molar-refractivity contribution in [1.82, 2.24) is 30.1 Å². The summed E-state index contributed by atoms with van der Waals surface area (Å²) in [5, 5.41) is 11.2. The van der Waals surface area contributed by atoms with Crippen LogP contribution in [0.15, 0.2) is 41.5 Å². The molecule has 4 N–H and O–H groups in total. The zero-order valence-corrected chi connectivity index (χ0v) is 31.2. The van der Waals surface area contributed by atoms with E-state index >= 15 is 0 Å². The molecule has 2 spiro atoms. The number of piperidine rings is 1. The standard InChI is InChI=1S/C40H44N8O8/c1-23-19-27(38(55)48-33(23)35(52)46-40(48)16-14-39(12-13-39)15-17-40)43-29-21-30(42-22-41-29)44-31(49)7-5-3-2-4-6-18-56-24-8-9-25-26(20-24)37(54)47(36(25)53)28-10-11-32(50)45-34(28)51/h8-9,19-22,28H,2-7,10-18H2,1H3,(H,46,52)(H,45,50,51)(H2,41,42,43,44,49). The molecule has 1 atom stereocenters. The van der Waals surface area contributed by atoms with Gasteiger partial charge in [0.05, 0.1) is 17.7 Å². The molecule has 0 radical (unpaired) electrons. The highest BCUT2D eigenvalue weighted by atomic mass is 16.5. The number of nitrogens with one attached hydrogen (secondary N) is 4. The van der Waals surface area contributed by atoms with Gasteiger partial charge >= 0.3 is 0 Å². The van der Waals surface area contributed by atoms with Gasteiger partial charge in [-0.1, -0.05) is 19.3 Å². The molecule has 6 amide bonds. The lowest BCUT2D eigenvalue weighted by Gasteiger charge is -2.39. The number of hydrogen-bond donors (Lipinski definition) is 4. The maximum Gasteiger partial charge on any atom is 0.276 e. The van der Waals surface area contributed by atoms with Gasteiger partial charge in [-0.2, -0.15) is 0 Å². The number of nitrogens with zero attached hydrogens (tertiary/aromatic N) is 4. The third-order valence-electron chi connectivity index (χ3n) is 11.9. The van der Waals surface area contributed by atoms with Crippen LogP contribution in [0, 0.1) is 12.3 Å². The van der Waals surface area contributed by atoms with E-state index in [1.54, 1.807) is 22.8 Å². The van der Waals surface area contributed by atoms with Gasteiger partial charge in [-0.15, -0.1) is 0 Å². The first-order chi connectivity index (χ1) is 27.0. The van der Waals surface area contributed by atoms with Crippen molar-refractivity contribution in [2.24, 2.45) is 5.41 Å². The molecule has 16 heteroatoms. The van der Waals surface area contributed by atoms with Crippen LogP contribution in [0.2, 0.25) is 0 Å². The number of unbranched alkanes of at least 4 members (excludes halogenated alkanes) is 4. The van der Waals surface area contributed by atoms with Gasteiger partial charge in [0.1, 0.15) is 46.8 Å². The average molecular weight is 765 g/mol. The molecule has 2 aromatic heterocycles. The SMILES string of the molecule is Cc1cc(Nc2cc(NC(=O)CCCCCCCOc3ccc4c(c3)C(=O)N(C3CCC(=O)NC3=O)C4=O)ncn2)c(=O)n2c1C(=O)NC21CCC2(CC2)CC1. The highest BCUT2D eigenvalue weighted by Gasteiger charge is 2.54. The maximum atomic E-state index is 13.8. The summed E-state index contributed by atoms with van der Waals surface area (Å²) in [6, 6.07) is 6.88. The molecule has 5 aliphatic rings. The Bertz CT molecular complexity index is 2220. The van der Waals surface area contributed by atoms with Gasteiger partial charge in [0.25, 0.3) is 23.3 Å². The van der Waals surface area contributed by atoms with E-state index in [0.29, 0.717) is 59.2 Å². The number of carbonyl (C=O) groups is 6. The van der Waals surface area contributed by atoms with Gasteiger partial charge in [-0.05, 0) is 100.0 Å². The van der Waals surface area contributed by atoms with Crippen molar-refractivity contribution in [3.05, 3.63) is 69.4 Å². The van der Waals surface area contributed by atoms with E-state index in [4.69, 9.17) is 4.74 Å². The number of fused-ring (bicyclic) bond motifs is 3. The topological polar surface area (TPSA) is 211 Å². The second-order valence-electron chi connectivity index (χ2n) is 15.7. The molecule has 0 bridgehead atoms. The highest BCUT2D eigenvalue weighted by molar-refractivity contribution is 6.23. The van der Waals surface area contributed by atoms with Crippen LogP contribution in [0.1, 0.15) is 127 Å². The number of pyridine rings is 1. The number of ether oxygens (including phenoxy) is 1. The van der Waals surface area contributed by atoms with Gasteiger partial charge in [0, 0.05) is 18.9 Å². The van der Waals surface area contributed by atoms with E-state index < -0.39 is 35.3 Å². The molecule has 8 rings (SSSR count). The van der Waals surface area contributed by atoms with Crippen LogP contribution in [0.5, 0.6) is 5.75 Å². The summed E-state index contributed by atoms with van der Waals surface area (Å²) >= 11 is 0. The number of amides is 6. The summed E-state index contributed by atoms with van der Waals surface area (Å²) in [4.78, 5) is 98.7. The highest BCUT2D eigenvalue weighted by Crippen LogP contribution is 2.59. The first-order valence-electron chi connectivity index (χ1n) is 19.4. The first-order valence-corrected chi connectivity index (χ1v) is 19.4. The largest absolute Gasteiger partial charge is 0.494 e. The summed E-state index contributed by atoms with van der Waals surface area (Å²) < 4.78 is 7.49. The Morgan fingerprint density at radius 3 is 2.36 bits per heavy atom. The van der Waals surface area contributed by atoms with E-state index in [1.807, 2.05) is 6.92 Å². The molecule has 1 aromatic carbocycles. The van der Waals surface area contributed by atoms with Gasteiger partial charge in [0.15, 0.2) is 0 Å². The predicted octanol–water partition coefficient (Wildman–Crippen LogP) is 4.20. The Labute approximate surface area is 322 Å². The zero-order chi connectivity index (χ0) is 39.2. The molecule has 2 aliphatic carbocycles. The van der Waals surface area contributed by atoms with E-state index in [2.05, 4.69) is 31.2 Å². The van der Waals surface area contributed by atoms with Crippen LogP contribution in [-0.4, -0.2) is 67.5 Å². The Balaban J connectivity index is 0.767. The number of hydrogen-bond acceptors (Lipinski definition) is 11. The number of rotatable bonds is 13. The molecule has 3 fully saturated rings. The molecule has 16 nitrogen and oxygen atoms in total. The quantitative estimate of drug-likeness (QED) is 0.143. The number of carbonyl (C=O) groups excluding carboxylic acids is 6. The molecule has 292 valence electrons. The Hall–Kier alpha value is -5.93. The fourth-order valence-corrected chi connectivity index (χ4v) is 8.55. The van der Waals surface area contributed by atoms with Crippen molar-refractivity contribution in [3.63, 3.8) is 0 Å². The van der Waals surface area contributed by atoms with Crippen LogP contribution in [0.25, 0.3) is 0 Å². The number of imide groups is 2. The molecular weight excluding hydrogens is 720 g/mol. The van der Waals surface area contributed by atoms with Crippen molar-refractivity contribution in [2.45, 2.75) is 109 Å². The molecule has 3 aromatic rings. The van der Waals surface area contributed by atoms with Crippen molar-refractivity contribution >= 4 is 52.8 Å². The van der Waals surface area contributed by atoms with Crippen LogP contribution in [0.3, 0.4) is 0 Å². The molecule has 2 saturated carbocycles. The summed E-state index contributed by atoms with van der Waals surface area (Å²) in [6.45, 7) is 2.22. The second-order valence-corrected chi connectivity index (χ2v) is 15.7. The molecule has 3 aliphatic heterocycles. The second kappa shape index (κ2) is 14.6. The van der Waals surface area contributed by atoms with Gasteiger partial charge in [-0.3, -0.25) is 48.3 Å². The lowest BCUT2D eigenvalue weighted by atomic mass is 9.79. The Kier molecular flexibility index (Phi) is 9.66. The average Bonchev–Trinajstić information content (AvgIpc) is 3.81. The van der Waals surface area contributed by atoms with Crippen LogP contribution >= 0.6 is 0 Å². The number of benzene rings is 1. The minimum Gasteiger partial charge on any atom is -0.494 e. The molecule has 5 heterocycles. The molecule has 1 saturated heterocycles. The molecule has 56 heavy (non-hydrogen) atoms. The van der Waals surface area contributed by atoms with E-state index in [0.717, 1.165) is 56.3 Å². The van der Waals surface area contributed by atoms with Crippen LogP contribution < -0.4 is 31.6 Å². The number of aryl methyl sites for hydroxylation is 1. The lowest BCUT2D eigenvalue weighted by Crippen LogP contribution is -2.54.